The first kappa shape index (κ1) is 19.9. The van der Waals surface area contributed by atoms with Crippen LogP contribution in [0.1, 0.15) is 51.5 Å². The molecule has 0 saturated carbocycles. The van der Waals surface area contributed by atoms with E-state index in [4.69, 9.17) is 4.74 Å². The number of ether oxygens (including phenoxy) is 1. The van der Waals surface area contributed by atoms with Crippen LogP contribution in [0.5, 0.6) is 5.75 Å². The van der Waals surface area contributed by atoms with Crippen molar-refractivity contribution in [2.45, 2.75) is 46.0 Å². The van der Waals surface area contributed by atoms with Crippen LogP contribution in [0.3, 0.4) is 0 Å². The molecular formula is C24H28N2O2. The average Bonchev–Trinajstić information content (AvgIpc) is 3.00. The number of nitrogens with zero attached hydrogens (tertiary/aromatic N) is 2. The third-order valence-electron chi connectivity index (χ3n) is 4.79. The van der Waals surface area contributed by atoms with Gasteiger partial charge in [-0.15, -0.1) is 0 Å². The van der Waals surface area contributed by atoms with Gasteiger partial charge in [0.2, 0.25) is 0 Å². The highest BCUT2D eigenvalue weighted by Crippen LogP contribution is 2.27. The molecule has 0 N–H and O–H groups in total. The monoisotopic (exact) mass is 376 g/mol. The second kappa shape index (κ2) is 9.88. The van der Waals surface area contributed by atoms with Gasteiger partial charge in [-0.2, -0.15) is 10.1 Å². The van der Waals surface area contributed by atoms with Crippen molar-refractivity contribution < 1.29 is 9.53 Å². The van der Waals surface area contributed by atoms with E-state index in [9.17, 15) is 4.79 Å². The van der Waals surface area contributed by atoms with Crippen LogP contribution in [0.15, 0.2) is 65.3 Å². The van der Waals surface area contributed by atoms with Gasteiger partial charge in [0.1, 0.15) is 5.75 Å². The summed E-state index contributed by atoms with van der Waals surface area (Å²) in [5, 5.41) is 5.90. The summed E-state index contributed by atoms with van der Waals surface area (Å²) < 4.78 is 6.00. The van der Waals surface area contributed by atoms with E-state index in [1.54, 1.807) is 0 Å². The first-order chi connectivity index (χ1) is 13.7. The predicted molar refractivity (Wildman–Crippen MR) is 116 cm³/mol. The molecule has 0 atom stereocenters. The van der Waals surface area contributed by atoms with Gasteiger partial charge < -0.3 is 4.74 Å². The Hall–Kier alpha value is -2.88. The quantitative estimate of drug-likeness (QED) is 0.407. The third kappa shape index (κ3) is 4.89. The van der Waals surface area contributed by atoms with Crippen molar-refractivity contribution in [2.24, 2.45) is 5.10 Å². The SMILES string of the molecule is CCCCCCCOc1ccccc1/C=C1\C(=O)N(c2ccccc2)N=C1C. The Balaban J connectivity index is 1.71. The Morgan fingerprint density at radius 1 is 0.964 bits per heavy atom. The molecule has 1 amide bonds. The average molecular weight is 377 g/mol. The summed E-state index contributed by atoms with van der Waals surface area (Å²) in [5.74, 6) is 0.697. The number of benzene rings is 2. The summed E-state index contributed by atoms with van der Waals surface area (Å²) in [4.78, 5) is 12.9. The number of hydrogen-bond acceptors (Lipinski definition) is 3. The van der Waals surface area contributed by atoms with Crippen LogP contribution in [0, 0.1) is 0 Å². The van der Waals surface area contributed by atoms with Gasteiger partial charge in [0, 0.05) is 5.56 Å². The second-order valence-electron chi connectivity index (χ2n) is 7.00. The largest absolute Gasteiger partial charge is 0.493 e. The molecule has 0 unspecified atom stereocenters. The van der Waals surface area contributed by atoms with Gasteiger partial charge in [-0.25, -0.2) is 0 Å². The Bertz CT molecular complexity index is 856. The summed E-state index contributed by atoms with van der Waals surface area (Å²) >= 11 is 0. The molecule has 0 bridgehead atoms. The smallest absolute Gasteiger partial charge is 0.280 e. The molecule has 0 fully saturated rings. The molecular weight excluding hydrogens is 348 g/mol. The van der Waals surface area contributed by atoms with Gasteiger partial charge in [-0.3, -0.25) is 4.79 Å². The van der Waals surface area contributed by atoms with Gasteiger partial charge >= 0.3 is 0 Å². The molecule has 0 aliphatic carbocycles. The zero-order valence-corrected chi connectivity index (χ0v) is 16.7. The van der Waals surface area contributed by atoms with Gasteiger partial charge in [0.15, 0.2) is 0 Å². The molecule has 3 rings (SSSR count). The molecule has 4 nitrogen and oxygen atoms in total. The van der Waals surface area contributed by atoms with Crippen LogP contribution in [-0.4, -0.2) is 18.2 Å². The number of unbranched alkanes of at least 4 members (excludes halogenated alkanes) is 4. The van der Waals surface area contributed by atoms with E-state index in [0.29, 0.717) is 17.9 Å². The second-order valence-corrected chi connectivity index (χ2v) is 7.00. The van der Waals surface area contributed by atoms with Gasteiger partial charge in [0.25, 0.3) is 5.91 Å². The Labute approximate surface area is 167 Å². The van der Waals surface area contributed by atoms with E-state index in [0.717, 1.165) is 23.4 Å². The Morgan fingerprint density at radius 3 is 2.46 bits per heavy atom. The summed E-state index contributed by atoms with van der Waals surface area (Å²) in [7, 11) is 0. The van der Waals surface area contributed by atoms with Crippen molar-refractivity contribution in [3.05, 3.63) is 65.7 Å². The molecule has 0 radical (unpaired) electrons. The molecule has 2 aromatic carbocycles. The number of para-hydroxylation sites is 2. The molecule has 2 aromatic rings. The lowest BCUT2D eigenvalue weighted by atomic mass is 10.1. The van der Waals surface area contributed by atoms with E-state index in [2.05, 4.69) is 12.0 Å². The minimum absolute atomic E-state index is 0.113. The van der Waals surface area contributed by atoms with Crippen LogP contribution in [0.4, 0.5) is 5.69 Å². The van der Waals surface area contributed by atoms with Crippen LogP contribution in [0.25, 0.3) is 6.08 Å². The molecule has 1 aliphatic heterocycles. The standard InChI is InChI=1S/C24H28N2O2/c1-3-4-5-6-12-17-28-23-16-11-10-13-20(23)18-22-19(2)25-26(24(22)27)21-14-8-7-9-15-21/h7-11,13-16,18H,3-6,12,17H2,1-2H3/b22-18-. The number of anilines is 1. The molecule has 1 aliphatic rings. The van der Waals surface area contributed by atoms with Crippen LogP contribution < -0.4 is 9.75 Å². The number of rotatable bonds is 9. The maximum atomic E-state index is 12.9. The van der Waals surface area contributed by atoms with Crippen molar-refractivity contribution in [3.8, 4) is 5.75 Å². The maximum Gasteiger partial charge on any atom is 0.280 e. The first-order valence-electron chi connectivity index (χ1n) is 10.1. The van der Waals surface area contributed by atoms with E-state index in [1.165, 1.54) is 30.7 Å². The highest BCUT2D eigenvalue weighted by molar-refractivity contribution is 6.32. The van der Waals surface area contributed by atoms with Gasteiger partial charge in [0.05, 0.1) is 23.6 Å². The molecule has 0 aromatic heterocycles. The van der Waals surface area contributed by atoms with Crippen molar-refractivity contribution in [1.82, 2.24) is 0 Å². The third-order valence-corrected chi connectivity index (χ3v) is 4.79. The highest BCUT2D eigenvalue weighted by atomic mass is 16.5. The van der Waals surface area contributed by atoms with Crippen molar-refractivity contribution >= 4 is 23.4 Å². The van der Waals surface area contributed by atoms with Gasteiger partial charge in [-0.05, 0) is 37.6 Å². The zero-order valence-electron chi connectivity index (χ0n) is 16.7. The molecule has 1 heterocycles. The molecule has 0 saturated heterocycles. The Kier molecular flexibility index (Phi) is 7.01. The lowest BCUT2D eigenvalue weighted by molar-refractivity contribution is -0.114. The normalized spacial score (nSPS) is 15.2. The topological polar surface area (TPSA) is 41.9 Å². The summed E-state index contributed by atoms with van der Waals surface area (Å²) in [5.41, 5.74) is 2.99. The van der Waals surface area contributed by atoms with E-state index >= 15 is 0 Å². The number of hydrogen-bond donors (Lipinski definition) is 0. The van der Waals surface area contributed by atoms with Crippen LogP contribution in [-0.2, 0) is 4.79 Å². The van der Waals surface area contributed by atoms with Crippen molar-refractivity contribution in [1.29, 1.82) is 0 Å². The number of hydrazone groups is 1. The fourth-order valence-corrected chi connectivity index (χ4v) is 3.20. The maximum absolute atomic E-state index is 12.9. The lowest BCUT2D eigenvalue weighted by Crippen LogP contribution is -2.21. The van der Waals surface area contributed by atoms with E-state index in [1.807, 2.05) is 67.6 Å². The minimum atomic E-state index is -0.113. The molecule has 28 heavy (non-hydrogen) atoms. The minimum Gasteiger partial charge on any atom is -0.493 e. The number of carbonyl (C=O) groups is 1. The highest BCUT2D eigenvalue weighted by Gasteiger charge is 2.28. The molecule has 146 valence electrons. The van der Waals surface area contributed by atoms with Crippen molar-refractivity contribution in [3.63, 3.8) is 0 Å². The van der Waals surface area contributed by atoms with Crippen LogP contribution >= 0.6 is 0 Å². The number of amides is 1. The van der Waals surface area contributed by atoms with Crippen LogP contribution in [0.2, 0.25) is 0 Å². The van der Waals surface area contributed by atoms with E-state index in [-0.39, 0.29) is 5.91 Å². The molecule has 0 spiro atoms. The Morgan fingerprint density at radius 2 is 1.68 bits per heavy atom. The predicted octanol–water partition coefficient (Wildman–Crippen LogP) is 5.84. The first-order valence-corrected chi connectivity index (χ1v) is 10.1. The van der Waals surface area contributed by atoms with Crippen molar-refractivity contribution in [2.75, 3.05) is 11.6 Å². The fraction of sp³-hybridized carbons (Fsp3) is 0.333. The summed E-state index contributed by atoms with van der Waals surface area (Å²) in [6.45, 7) is 4.78. The van der Waals surface area contributed by atoms with Gasteiger partial charge in [-0.1, -0.05) is 69.0 Å². The zero-order chi connectivity index (χ0) is 19.8. The van der Waals surface area contributed by atoms with E-state index < -0.39 is 0 Å². The summed E-state index contributed by atoms with van der Waals surface area (Å²) in [6.07, 6.45) is 7.90. The summed E-state index contributed by atoms with van der Waals surface area (Å²) in [6, 6.07) is 17.3. The molecule has 4 heteroatoms. The number of carbonyl (C=O) groups excluding carboxylic acids is 1. The fourth-order valence-electron chi connectivity index (χ4n) is 3.20. The lowest BCUT2D eigenvalue weighted by Gasteiger charge is -2.12.